The minimum atomic E-state index is -0.0758. The first-order valence-electron chi connectivity index (χ1n) is 9.40. The highest BCUT2D eigenvalue weighted by atomic mass is 127. The summed E-state index contributed by atoms with van der Waals surface area (Å²) in [7, 11) is 0. The molecule has 1 saturated heterocycles. The SMILES string of the molecule is CC(C)Oc1ccc(NC(N)=NCC(C)(C)N2CC(C)OC(C)C2)cc1.I. The third kappa shape index (κ3) is 7.83. The van der Waals surface area contributed by atoms with E-state index in [9.17, 15) is 0 Å². The highest BCUT2D eigenvalue weighted by Crippen LogP contribution is 2.22. The highest BCUT2D eigenvalue weighted by molar-refractivity contribution is 14.0. The van der Waals surface area contributed by atoms with Crippen LogP contribution in [-0.2, 0) is 4.74 Å². The van der Waals surface area contributed by atoms with Crippen molar-refractivity contribution in [1.29, 1.82) is 0 Å². The van der Waals surface area contributed by atoms with E-state index in [1.807, 2.05) is 38.1 Å². The summed E-state index contributed by atoms with van der Waals surface area (Å²) in [6, 6.07) is 7.74. The van der Waals surface area contributed by atoms with Gasteiger partial charge < -0.3 is 20.5 Å². The van der Waals surface area contributed by atoms with Gasteiger partial charge in [-0.15, -0.1) is 24.0 Å². The predicted molar refractivity (Wildman–Crippen MR) is 123 cm³/mol. The van der Waals surface area contributed by atoms with Crippen LogP contribution in [0.5, 0.6) is 5.75 Å². The van der Waals surface area contributed by atoms with E-state index in [1.54, 1.807) is 0 Å². The van der Waals surface area contributed by atoms with Crippen molar-refractivity contribution in [1.82, 2.24) is 4.90 Å². The Morgan fingerprint density at radius 3 is 2.33 bits per heavy atom. The van der Waals surface area contributed by atoms with Gasteiger partial charge in [-0.2, -0.15) is 0 Å². The smallest absolute Gasteiger partial charge is 0.193 e. The summed E-state index contributed by atoms with van der Waals surface area (Å²) in [5, 5.41) is 3.14. The third-order valence-electron chi connectivity index (χ3n) is 4.41. The molecule has 1 aromatic carbocycles. The molecule has 0 bridgehead atoms. The zero-order valence-corrected chi connectivity index (χ0v) is 19.7. The van der Waals surface area contributed by atoms with E-state index in [1.165, 1.54) is 0 Å². The van der Waals surface area contributed by atoms with Crippen molar-refractivity contribution in [2.24, 2.45) is 10.7 Å². The normalized spacial score (nSPS) is 21.7. The lowest BCUT2D eigenvalue weighted by atomic mass is 10.0. The largest absolute Gasteiger partial charge is 0.491 e. The number of hydrogen-bond acceptors (Lipinski definition) is 4. The second-order valence-electron chi connectivity index (χ2n) is 7.99. The number of halogens is 1. The zero-order valence-electron chi connectivity index (χ0n) is 17.4. The quantitative estimate of drug-likeness (QED) is 0.362. The Labute approximate surface area is 180 Å². The Balaban J connectivity index is 0.00000364. The van der Waals surface area contributed by atoms with Crippen LogP contribution in [0.3, 0.4) is 0 Å². The van der Waals surface area contributed by atoms with Crippen LogP contribution in [0.2, 0.25) is 0 Å². The van der Waals surface area contributed by atoms with E-state index in [2.05, 4.69) is 42.9 Å². The number of guanidine groups is 1. The number of morpholine rings is 1. The second kappa shape index (κ2) is 10.5. The van der Waals surface area contributed by atoms with E-state index >= 15 is 0 Å². The summed E-state index contributed by atoms with van der Waals surface area (Å²) < 4.78 is 11.5. The van der Waals surface area contributed by atoms with Crippen molar-refractivity contribution in [3.05, 3.63) is 24.3 Å². The van der Waals surface area contributed by atoms with Gasteiger partial charge in [0, 0.05) is 24.3 Å². The number of aliphatic imine (C=N–C) groups is 1. The fraction of sp³-hybridized carbons (Fsp3) is 0.650. The third-order valence-corrected chi connectivity index (χ3v) is 4.41. The van der Waals surface area contributed by atoms with Gasteiger partial charge in [0.15, 0.2) is 5.96 Å². The van der Waals surface area contributed by atoms with Crippen LogP contribution in [0.15, 0.2) is 29.3 Å². The molecule has 2 unspecified atom stereocenters. The van der Waals surface area contributed by atoms with Crippen LogP contribution in [0.4, 0.5) is 5.69 Å². The Hall–Kier alpha value is -1.06. The molecule has 0 radical (unpaired) electrons. The maximum Gasteiger partial charge on any atom is 0.193 e. The van der Waals surface area contributed by atoms with E-state index in [4.69, 9.17) is 15.2 Å². The molecule has 1 heterocycles. The van der Waals surface area contributed by atoms with Gasteiger partial charge in [-0.25, -0.2) is 0 Å². The van der Waals surface area contributed by atoms with Crippen molar-refractivity contribution >= 4 is 35.6 Å². The lowest BCUT2D eigenvalue weighted by Gasteiger charge is -2.44. The standard InChI is InChI=1S/C20H34N4O2.HI/c1-14(2)25-18-9-7-17(8-10-18)23-19(21)22-13-20(5,6)24-11-15(3)26-16(4)12-24;/h7-10,14-16H,11-13H2,1-6H3,(H3,21,22,23);1H. The number of anilines is 1. The van der Waals surface area contributed by atoms with Gasteiger partial charge in [0.05, 0.1) is 24.9 Å². The summed E-state index contributed by atoms with van der Waals surface area (Å²) in [5.74, 6) is 1.27. The maximum absolute atomic E-state index is 6.08. The zero-order chi connectivity index (χ0) is 19.3. The fourth-order valence-electron chi connectivity index (χ4n) is 3.13. The molecule has 3 N–H and O–H groups in total. The molecular weight excluding hydrogens is 455 g/mol. The van der Waals surface area contributed by atoms with Gasteiger partial charge in [-0.1, -0.05) is 0 Å². The molecule has 6 nitrogen and oxygen atoms in total. The first-order chi connectivity index (χ1) is 12.2. The second-order valence-corrected chi connectivity index (χ2v) is 7.99. The van der Waals surface area contributed by atoms with Gasteiger partial charge >= 0.3 is 0 Å². The molecule has 2 rings (SSSR count). The molecule has 0 saturated carbocycles. The van der Waals surface area contributed by atoms with Crippen LogP contribution < -0.4 is 15.8 Å². The minimum absolute atomic E-state index is 0. The molecule has 1 aliphatic rings. The maximum atomic E-state index is 6.08. The number of nitrogens with two attached hydrogens (primary N) is 1. The lowest BCUT2D eigenvalue weighted by Crippen LogP contribution is -2.56. The summed E-state index contributed by atoms with van der Waals surface area (Å²) in [6.07, 6.45) is 0.640. The molecule has 27 heavy (non-hydrogen) atoms. The number of rotatable bonds is 6. The Morgan fingerprint density at radius 1 is 1.26 bits per heavy atom. The number of nitrogens with zero attached hydrogens (tertiary/aromatic N) is 2. The number of benzene rings is 1. The molecule has 1 fully saturated rings. The lowest BCUT2D eigenvalue weighted by molar-refractivity contribution is -0.0939. The van der Waals surface area contributed by atoms with Crippen LogP contribution in [-0.4, -0.2) is 54.3 Å². The van der Waals surface area contributed by atoms with Gasteiger partial charge in [-0.05, 0) is 65.8 Å². The van der Waals surface area contributed by atoms with Crippen LogP contribution in [0.1, 0.15) is 41.5 Å². The number of nitrogens with one attached hydrogen (secondary N) is 1. The fourth-order valence-corrected chi connectivity index (χ4v) is 3.13. The van der Waals surface area contributed by atoms with Crippen LogP contribution in [0, 0.1) is 0 Å². The van der Waals surface area contributed by atoms with Gasteiger partial charge in [0.25, 0.3) is 0 Å². The molecule has 154 valence electrons. The molecule has 0 aliphatic carbocycles. The summed E-state index contributed by atoms with van der Waals surface area (Å²) in [5.41, 5.74) is 6.90. The van der Waals surface area contributed by atoms with Crippen molar-refractivity contribution < 1.29 is 9.47 Å². The van der Waals surface area contributed by atoms with E-state index < -0.39 is 0 Å². The van der Waals surface area contributed by atoms with Crippen molar-refractivity contribution in [3.8, 4) is 5.75 Å². The Kier molecular flexibility index (Phi) is 9.30. The van der Waals surface area contributed by atoms with Gasteiger partial charge in [0.1, 0.15) is 5.75 Å². The average molecular weight is 490 g/mol. The Bertz CT molecular complexity index is 595. The van der Waals surface area contributed by atoms with Crippen LogP contribution >= 0.6 is 24.0 Å². The van der Waals surface area contributed by atoms with E-state index in [0.717, 1.165) is 24.5 Å². The first-order valence-corrected chi connectivity index (χ1v) is 9.40. The minimum Gasteiger partial charge on any atom is -0.491 e. The molecule has 1 aliphatic heterocycles. The van der Waals surface area contributed by atoms with Crippen molar-refractivity contribution in [2.75, 3.05) is 25.0 Å². The average Bonchev–Trinajstić information content (AvgIpc) is 2.53. The molecular formula is C20H35IN4O2. The van der Waals surface area contributed by atoms with Gasteiger partial charge in [0.2, 0.25) is 0 Å². The number of hydrogen-bond donors (Lipinski definition) is 2. The predicted octanol–water partition coefficient (Wildman–Crippen LogP) is 3.71. The Morgan fingerprint density at radius 2 is 1.81 bits per heavy atom. The molecule has 2 atom stereocenters. The molecule has 0 aromatic heterocycles. The molecule has 1 aromatic rings. The number of ether oxygens (including phenoxy) is 2. The molecule has 0 spiro atoms. The summed E-state index contributed by atoms with van der Waals surface area (Å²) >= 11 is 0. The van der Waals surface area contributed by atoms with E-state index in [-0.39, 0.29) is 47.8 Å². The topological polar surface area (TPSA) is 72.1 Å². The van der Waals surface area contributed by atoms with Crippen molar-refractivity contribution in [2.45, 2.75) is 65.4 Å². The van der Waals surface area contributed by atoms with E-state index in [0.29, 0.717) is 12.5 Å². The van der Waals surface area contributed by atoms with Crippen molar-refractivity contribution in [3.63, 3.8) is 0 Å². The first kappa shape index (κ1) is 24.0. The van der Waals surface area contributed by atoms with Crippen LogP contribution in [0.25, 0.3) is 0 Å². The monoisotopic (exact) mass is 490 g/mol. The summed E-state index contributed by atoms with van der Waals surface area (Å²) in [6.45, 7) is 15.1. The molecule has 0 amide bonds. The van der Waals surface area contributed by atoms with Gasteiger partial charge in [-0.3, -0.25) is 9.89 Å². The summed E-state index contributed by atoms with van der Waals surface area (Å²) in [4.78, 5) is 6.99. The highest BCUT2D eigenvalue weighted by Gasteiger charge is 2.33. The molecule has 7 heteroatoms.